The maximum Gasteiger partial charge on any atom is 0.194 e. The van der Waals surface area contributed by atoms with E-state index < -0.39 is 5.82 Å². The quantitative estimate of drug-likeness (QED) is 0.671. The molecule has 3 rings (SSSR count). The second-order valence-corrected chi connectivity index (χ2v) is 3.69. The molecule has 0 aliphatic heterocycles. The zero-order valence-electron chi connectivity index (χ0n) is 8.81. The van der Waals surface area contributed by atoms with E-state index in [1.54, 1.807) is 6.07 Å². The Kier molecular flexibility index (Phi) is 2.04. The Morgan fingerprint density at radius 3 is 2.71 bits per heavy atom. The summed E-state index contributed by atoms with van der Waals surface area (Å²) in [5, 5.41) is 7.16. The van der Waals surface area contributed by atoms with E-state index in [4.69, 9.17) is 5.73 Å². The highest BCUT2D eigenvalue weighted by Crippen LogP contribution is 2.23. The first-order chi connectivity index (χ1) is 8.25. The molecule has 0 radical (unpaired) electrons. The molecule has 4 nitrogen and oxygen atoms in total. The van der Waals surface area contributed by atoms with Gasteiger partial charge in [0.05, 0.1) is 11.2 Å². The minimum Gasteiger partial charge on any atom is -0.380 e. The third kappa shape index (κ3) is 1.52. The van der Waals surface area contributed by atoms with E-state index in [9.17, 15) is 4.39 Å². The molecule has 3 aromatic rings. The maximum atomic E-state index is 13.6. The van der Waals surface area contributed by atoms with Gasteiger partial charge in [-0.05, 0) is 12.1 Å². The number of rotatable bonds is 1. The van der Waals surface area contributed by atoms with Crippen molar-refractivity contribution in [1.82, 2.24) is 15.2 Å². The summed E-state index contributed by atoms with van der Waals surface area (Å²) in [6, 6.07) is 11.3. The lowest BCUT2D eigenvalue weighted by Gasteiger charge is -2.00. The zero-order valence-corrected chi connectivity index (χ0v) is 8.81. The van der Waals surface area contributed by atoms with Gasteiger partial charge < -0.3 is 5.73 Å². The SMILES string of the molecule is Nc1n[nH]c(-c2ccc3ccccc3n2)c1F. The Labute approximate surface area is 96.3 Å². The van der Waals surface area contributed by atoms with Gasteiger partial charge in [0.15, 0.2) is 11.6 Å². The monoisotopic (exact) mass is 228 g/mol. The highest BCUT2D eigenvalue weighted by molar-refractivity contribution is 5.81. The number of hydrogen-bond acceptors (Lipinski definition) is 3. The number of halogens is 1. The molecular weight excluding hydrogens is 219 g/mol. The normalized spacial score (nSPS) is 10.9. The highest BCUT2D eigenvalue weighted by Gasteiger charge is 2.13. The Morgan fingerprint density at radius 2 is 1.94 bits per heavy atom. The van der Waals surface area contributed by atoms with E-state index in [1.165, 1.54) is 0 Å². The van der Waals surface area contributed by atoms with Crippen LogP contribution in [0.25, 0.3) is 22.3 Å². The predicted octanol–water partition coefficient (Wildman–Crippen LogP) is 2.35. The summed E-state index contributed by atoms with van der Waals surface area (Å²) in [5.41, 5.74) is 6.86. The van der Waals surface area contributed by atoms with Crippen molar-refractivity contribution in [2.75, 3.05) is 5.73 Å². The molecule has 0 fully saturated rings. The fraction of sp³-hybridized carbons (Fsp3) is 0. The average molecular weight is 228 g/mol. The van der Waals surface area contributed by atoms with Crippen LogP contribution in [0.5, 0.6) is 0 Å². The van der Waals surface area contributed by atoms with Gasteiger partial charge in [-0.15, -0.1) is 0 Å². The lowest BCUT2D eigenvalue weighted by Crippen LogP contribution is -1.89. The van der Waals surface area contributed by atoms with Gasteiger partial charge in [0.2, 0.25) is 0 Å². The third-order valence-electron chi connectivity index (χ3n) is 2.59. The number of aromatic nitrogens is 3. The molecule has 2 aromatic heterocycles. The lowest BCUT2D eigenvalue weighted by molar-refractivity contribution is 0.636. The first-order valence-corrected chi connectivity index (χ1v) is 5.11. The fourth-order valence-corrected chi connectivity index (χ4v) is 1.72. The average Bonchev–Trinajstić information content (AvgIpc) is 2.70. The van der Waals surface area contributed by atoms with E-state index in [1.807, 2.05) is 30.3 Å². The fourth-order valence-electron chi connectivity index (χ4n) is 1.72. The van der Waals surface area contributed by atoms with Crippen molar-refractivity contribution in [3.05, 3.63) is 42.2 Å². The highest BCUT2D eigenvalue weighted by atomic mass is 19.1. The number of benzene rings is 1. The van der Waals surface area contributed by atoms with Crippen molar-refractivity contribution in [3.8, 4) is 11.4 Å². The summed E-state index contributed by atoms with van der Waals surface area (Å²) in [6.07, 6.45) is 0. The molecule has 1 aromatic carbocycles. The van der Waals surface area contributed by atoms with Gasteiger partial charge in [0.1, 0.15) is 5.69 Å². The van der Waals surface area contributed by atoms with E-state index in [0.29, 0.717) is 5.69 Å². The number of aromatic amines is 1. The number of para-hydroxylation sites is 1. The van der Waals surface area contributed by atoms with Crippen LogP contribution >= 0.6 is 0 Å². The predicted molar refractivity (Wildman–Crippen MR) is 63.7 cm³/mol. The Hall–Kier alpha value is -2.43. The number of hydrogen-bond donors (Lipinski definition) is 2. The molecule has 17 heavy (non-hydrogen) atoms. The number of nitrogen functional groups attached to an aromatic ring is 1. The lowest BCUT2D eigenvalue weighted by atomic mass is 10.2. The molecule has 0 aliphatic rings. The van der Waals surface area contributed by atoms with Gasteiger partial charge in [-0.3, -0.25) is 5.10 Å². The van der Waals surface area contributed by atoms with E-state index in [-0.39, 0.29) is 11.5 Å². The number of nitrogens with two attached hydrogens (primary N) is 1. The van der Waals surface area contributed by atoms with E-state index in [2.05, 4.69) is 15.2 Å². The molecule has 2 heterocycles. The number of anilines is 1. The van der Waals surface area contributed by atoms with Gasteiger partial charge in [-0.25, -0.2) is 9.37 Å². The topological polar surface area (TPSA) is 67.6 Å². The van der Waals surface area contributed by atoms with Crippen LogP contribution in [-0.2, 0) is 0 Å². The second kappa shape index (κ2) is 3.55. The molecule has 0 unspecified atom stereocenters. The van der Waals surface area contributed by atoms with Crippen LogP contribution in [-0.4, -0.2) is 15.2 Å². The van der Waals surface area contributed by atoms with Crippen LogP contribution in [0, 0.1) is 5.82 Å². The summed E-state index contributed by atoms with van der Waals surface area (Å²) < 4.78 is 13.6. The molecule has 0 atom stereocenters. The van der Waals surface area contributed by atoms with Crippen LogP contribution in [0.2, 0.25) is 0 Å². The van der Waals surface area contributed by atoms with Crippen LogP contribution in [0.15, 0.2) is 36.4 Å². The third-order valence-corrected chi connectivity index (χ3v) is 2.59. The molecule has 0 bridgehead atoms. The molecule has 84 valence electrons. The standard InChI is InChI=1S/C12H9FN4/c13-10-11(16-17-12(10)14)9-6-5-7-3-1-2-4-8(7)15-9/h1-6H,(H3,14,16,17). The molecule has 0 saturated carbocycles. The Morgan fingerprint density at radius 1 is 1.12 bits per heavy atom. The molecule has 0 spiro atoms. The summed E-state index contributed by atoms with van der Waals surface area (Å²) in [6.45, 7) is 0. The molecule has 0 amide bonds. The van der Waals surface area contributed by atoms with Crippen molar-refractivity contribution in [3.63, 3.8) is 0 Å². The van der Waals surface area contributed by atoms with Crippen LogP contribution in [0.4, 0.5) is 10.2 Å². The van der Waals surface area contributed by atoms with E-state index >= 15 is 0 Å². The van der Waals surface area contributed by atoms with Crippen molar-refractivity contribution < 1.29 is 4.39 Å². The zero-order chi connectivity index (χ0) is 11.8. The summed E-state index contributed by atoms with van der Waals surface area (Å²) in [5.74, 6) is -0.706. The number of fused-ring (bicyclic) bond motifs is 1. The maximum absolute atomic E-state index is 13.6. The molecule has 0 saturated heterocycles. The molecule has 0 aliphatic carbocycles. The van der Waals surface area contributed by atoms with Crippen molar-refractivity contribution in [1.29, 1.82) is 0 Å². The van der Waals surface area contributed by atoms with Gasteiger partial charge in [0.25, 0.3) is 0 Å². The van der Waals surface area contributed by atoms with Crippen LogP contribution in [0.3, 0.4) is 0 Å². The van der Waals surface area contributed by atoms with Crippen LogP contribution < -0.4 is 5.73 Å². The van der Waals surface area contributed by atoms with E-state index in [0.717, 1.165) is 10.9 Å². The smallest absolute Gasteiger partial charge is 0.194 e. The van der Waals surface area contributed by atoms with Gasteiger partial charge >= 0.3 is 0 Å². The van der Waals surface area contributed by atoms with Gasteiger partial charge in [-0.2, -0.15) is 5.10 Å². The first-order valence-electron chi connectivity index (χ1n) is 5.11. The van der Waals surface area contributed by atoms with Gasteiger partial charge in [0, 0.05) is 5.39 Å². The van der Waals surface area contributed by atoms with Crippen molar-refractivity contribution >= 4 is 16.7 Å². The summed E-state index contributed by atoms with van der Waals surface area (Å²) in [4.78, 5) is 4.35. The minimum absolute atomic E-state index is 0.144. The van der Waals surface area contributed by atoms with Crippen LogP contribution in [0.1, 0.15) is 0 Å². The molecular formula is C12H9FN4. The van der Waals surface area contributed by atoms with Crippen molar-refractivity contribution in [2.45, 2.75) is 0 Å². The minimum atomic E-state index is -0.562. The summed E-state index contributed by atoms with van der Waals surface area (Å²) >= 11 is 0. The summed E-state index contributed by atoms with van der Waals surface area (Å²) in [7, 11) is 0. The van der Waals surface area contributed by atoms with Crippen molar-refractivity contribution in [2.24, 2.45) is 0 Å². The Balaban J connectivity index is 2.21. The largest absolute Gasteiger partial charge is 0.380 e. The number of nitrogens with one attached hydrogen (secondary N) is 1. The number of pyridine rings is 1. The van der Waals surface area contributed by atoms with Gasteiger partial charge in [-0.1, -0.05) is 24.3 Å². The first kappa shape index (κ1) is 9.77. The molecule has 3 N–H and O–H groups in total. The Bertz CT molecular complexity index is 690. The molecule has 5 heteroatoms. The number of H-pyrrole nitrogens is 1. The second-order valence-electron chi connectivity index (χ2n) is 3.69. The number of nitrogens with zero attached hydrogens (tertiary/aromatic N) is 2.